The van der Waals surface area contributed by atoms with Gasteiger partial charge in [0.1, 0.15) is 0 Å². The highest BCUT2D eigenvalue weighted by molar-refractivity contribution is 5.01. The molecular formula is C12H21N5O. The number of nitrogens with one attached hydrogen (secondary N) is 1. The standard InChI is InChI=1S/C12H21N5O/c1-2-3-13-8-11-14-12(15-18-11)10-9-16-4-6-17(10)7-5-16/h10,13H,2-9H2,1H3. The molecule has 18 heavy (non-hydrogen) atoms. The average molecular weight is 251 g/mol. The molecule has 3 saturated heterocycles. The Bertz CT molecular complexity index is 386. The first-order valence-corrected chi connectivity index (χ1v) is 6.86. The van der Waals surface area contributed by atoms with Crippen LogP contribution in [0, 0.1) is 0 Å². The Labute approximate surface area is 107 Å². The predicted molar refractivity (Wildman–Crippen MR) is 67.0 cm³/mol. The topological polar surface area (TPSA) is 57.4 Å². The molecule has 6 heteroatoms. The molecule has 1 aromatic rings. The molecule has 0 spiro atoms. The quantitative estimate of drug-likeness (QED) is 0.757. The number of fused-ring (bicyclic) bond motifs is 3. The highest BCUT2D eigenvalue weighted by atomic mass is 16.5. The number of rotatable bonds is 5. The van der Waals surface area contributed by atoms with Crippen LogP contribution in [0.1, 0.15) is 31.1 Å². The highest BCUT2D eigenvalue weighted by Gasteiger charge is 2.35. The minimum absolute atomic E-state index is 0.330. The summed E-state index contributed by atoms with van der Waals surface area (Å²) in [6.45, 7) is 9.47. The van der Waals surface area contributed by atoms with Gasteiger partial charge >= 0.3 is 0 Å². The van der Waals surface area contributed by atoms with Crippen molar-refractivity contribution in [1.82, 2.24) is 25.3 Å². The van der Waals surface area contributed by atoms with E-state index in [4.69, 9.17) is 4.52 Å². The van der Waals surface area contributed by atoms with Gasteiger partial charge in [0.15, 0.2) is 5.82 Å². The summed E-state index contributed by atoms with van der Waals surface area (Å²) in [5, 5.41) is 7.42. The molecule has 2 bridgehead atoms. The number of piperazine rings is 3. The Morgan fingerprint density at radius 2 is 2.17 bits per heavy atom. The normalized spacial score (nSPS) is 30.8. The van der Waals surface area contributed by atoms with Crippen LogP contribution >= 0.6 is 0 Å². The zero-order valence-corrected chi connectivity index (χ0v) is 10.9. The van der Waals surface area contributed by atoms with Crippen LogP contribution < -0.4 is 5.32 Å². The van der Waals surface area contributed by atoms with Gasteiger partial charge in [-0.2, -0.15) is 4.98 Å². The Morgan fingerprint density at radius 1 is 1.33 bits per heavy atom. The SMILES string of the molecule is CCCNCc1nc(C2CN3CCN2CC3)no1. The van der Waals surface area contributed by atoms with Gasteiger partial charge in [-0.1, -0.05) is 12.1 Å². The van der Waals surface area contributed by atoms with Gasteiger partial charge in [0, 0.05) is 32.7 Å². The fourth-order valence-corrected chi connectivity index (χ4v) is 2.71. The molecule has 1 N–H and O–H groups in total. The van der Waals surface area contributed by atoms with Crippen LogP contribution in [-0.4, -0.2) is 59.2 Å². The van der Waals surface area contributed by atoms with Crippen molar-refractivity contribution in [1.29, 1.82) is 0 Å². The summed E-state index contributed by atoms with van der Waals surface area (Å²) in [5.74, 6) is 1.56. The predicted octanol–water partition coefficient (Wildman–Crippen LogP) is 0.242. The molecule has 0 aromatic carbocycles. The van der Waals surface area contributed by atoms with Gasteiger partial charge in [0.05, 0.1) is 12.6 Å². The second kappa shape index (κ2) is 5.34. The maximum Gasteiger partial charge on any atom is 0.240 e. The molecule has 4 heterocycles. The van der Waals surface area contributed by atoms with E-state index in [9.17, 15) is 0 Å². The lowest BCUT2D eigenvalue weighted by molar-refractivity contribution is 0.00781. The molecule has 1 unspecified atom stereocenters. The van der Waals surface area contributed by atoms with E-state index in [1.165, 1.54) is 13.1 Å². The summed E-state index contributed by atoms with van der Waals surface area (Å²) in [4.78, 5) is 9.46. The molecule has 0 amide bonds. The third-order valence-corrected chi connectivity index (χ3v) is 3.76. The van der Waals surface area contributed by atoms with Crippen LogP contribution in [0.5, 0.6) is 0 Å². The Morgan fingerprint density at radius 3 is 2.83 bits per heavy atom. The molecular weight excluding hydrogens is 230 g/mol. The molecule has 4 rings (SSSR count). The van der Waals surface area contributed by atoms with Crippen molar-refractivity contribution in [3.8, 4) is 0 Å². The Balaban J connectivity index is 1.62. The van der Waals surface area contributed by atoms with Crippen LogP contribution in [0.15, 0.2) is 4.52 Å². The van der Waals surface area contributed by atoms with E-state index in [1.807, 2.05) is 0 Å². The van der Waals surface area contributed by atoms with Crippen molar-refractivity contribution >= 4 is 0 Å². The third kappa shape index (κ3) is 2.41. The van der Waals surface area contributed by atoms with Crippen LogP contribution in [-0.2, 0) is 6.54 Å². The Hall–Kier alpha value is -0.980. The van der Waals surface area contributed by atoms with Crippen LogP contribution in [0.4, 0.5) is 0 Å². The van der Waals surface area contributed by atoms with Gasteiger partial charge in [-0.15, -0.1) is 0 Å². The van der Waals surface area contributed by atoms with Crippen molar-refractivity contribution < 1.29 is 4.52 Å². The summed E-state index contributed by atoms with van der Waals surface area (Å²) in [6, 6.07) is 0.330. The van der Waals surface area contributed by atoms with Crippen molar-refractivity contribution in [3.63, 3.8) is 0 Å². The van der Waals surface area contributed by atoms with Gasteiger partial charge < -0.3 is 9.84 Å². The maximum atomic E-state index is 5.30. The van der Waals surface area contributed by atoms with Crippen LogP contribution in [0.3, 0.4) is 0 Å². The molecule has 3 aliphatic rings. The minimum Gasteiger partial charge on any atom is -0.338 e. The average Bonchev–Trinajstić information content (AvgIpc) is 2.89. The molecule has 3 fully saturated rings. The first-order chi connectivity index (χ1) is 8.86. The molecule has 1 aromatic heterocycles. The first-order valence-electron chi connectivity index (χ1n) is 6.86. The lowest BCUT2D eigenvalue weighted by Crippen LogP contribution is -2.57. The second-order valence-corrected chi connectivity index (χ2v) is 5.08. The molecule has 6 nitrogen and oxygen atoms in total. The molecule has 3 aliphatic heterocycles. The minimum atomic E-state index is 0.330. The summed E-state index contributed by atoms with van der Waals surface area (Å²) >= 11 is 0. The zero-order chi connectivity index (χ0) is 12.4. The van der Waals surface area contributed by atoms with Crippen molar-refractivity contribution in [3.05, 3.63) is 11.7 Å². The van der Waals surface area contributed by atoms with Crippen LogP contribution in [0.25, 0.3) is 0 Å². The van der Waals surface area contributed by atoms with Gasteiger partial charge in [-0.25, -0.2) is 0 Å². The van der Waals surface area contributed by atoms with E-state index in [-0.39, 0.29) is 0 Å². The molecule has 1 atom stereocenters. The largest absolute Gasteiger partial charge is 0.338 e. The van der Waals surface area contributed by atoms with Gasteiger partial charge in [-0.05, 0) is 13.0 Å². The maximum absolute atomic E-state index is 5.30. The molecule has 100 valence electrons. The van der Waals surface area contributed by atoms with Crippen LogP contribution in [0.2, 0.25) is 0 Å². The van der Waals surface area contributed by atoms with Gasteiger partial charge in [0.25, 0.3) is 0 Å². The molecule has 0 radical (unpaired) electrons. The highest BCUT2D eigenvalue weighted by Crippen LogP contribution is 2.26. The van der Waals surface area contributed by atoms with Gasteiger partial charge in [0.2, 0.25) is 5.89 Å². The van der Waals surface area contributed by atoms with E-state index in [1.54, 1.807) is 0 Å². The lowest BCUT2D eigenvalue weighted by atomic mass is 10.1. The summed E-state index contributed by atoms with van der Waals surface area (Å²) in [6.07, 6.45) is 1.12. The second-order valence-electron chi connectivity index (χ2n) is 5.08. The smallest absolute Gasteiger partial charge is 0.240 e. The van der Waals surface area contributed by atoms with E-state index in [0.717, 1.165) is 38.4 Å². The summed E-state index contributed by atoms with van der Waals surface area (Å²) in [5.41, 5.74) is 0. The zero-order valence-electron chi connectivity index (χ0n) is 10.9. The molecule has 0 aliphatic carbocycles. The van der Waals surface area contributed by atoms with E-state index in [0.29, 0.717) is 18.5 Å². The summed E-state index contributed by atoms with van der Waals surface area (Å²) < 4.78 is 5.30. The first kappa shape index (κ1) is 12.1. The Kier molecular flexibility index (Phi) is 3.58. The number of nitrogens with zero attached hydrogens (tertiary/aromatic N) is 4. The van der Waals surface area contributed by atoms with E-state index >= 15 is 0 Å². The van der Waals surface area contributed by atoms with Crippen molar-refractivity contribution in [2.75, 3.05) is 39.3 Å². The summed E-state index contributed by atoms with van der Waals surface area (Å²) in [7, 11) is 0. The fraction of sp³-hybridized carbons (Fsp3) is 0.833. The van der Waals surface area contributed by atoms with Crippen molar-refractivity contribution in [2.24, 2.45) is 0 Å². The number of aromatic nitrogens is 2. The third-order valence-electron chi connectivity index (χ3n) is 3.76. The number of hydrogen-bond acceptors (Lipinski definition) is 6. The van der Waals surface area contributed by atoms with Gasteiger partial charge in [-0.3, -0.25) is 9.80 Å². The van der Waals surface area contributed by atoms with E-state index < -0.39 is 0 Å². The fourth-order valence-electron chi connectivity index (χ4n) is 2.71. The van der Waals surface area contributed by atoms with E-state index in [2.05, 4.69) is 32.2 Å². The van der Waals surface area contributed by atoms with Crippen molar-refractivity contribution in [2.45, 2.75) is 25.9 Å². The number of hydrogen-bond donors (Lipinski definition) is 1. The monoisotopic (exact) mass is 251 g/mol. The lowest BCUT2D eigenvalue weighted by Gasteiger charge is -2.46. The molecule has 0 saturated carbocycles.